The Balaban J connectivity index is 1.75. The molecule has 3 atom stereocenters. The zero-order valence-electron chi connectivity index (χ0n) is 16.7. The summed E-state index contributed by atoms with van der Waals surface area (Å²) in [6.07, 6.45) is 3.13. The number of hydrogen-bond acceptors (Lipinski definition) is 6. The Morgan fingerprint density at radius 2 is 1.96 bits per heavy atom. The van der Waals surface area contributed by atoms with Crippen molar-refractivity contribution in [3.8, 4) is 0 Å². The lowest BCUT2D eigenvalue weighted by Gasteiger charge is -2.34. The van der Waals surface area contributed by atoms with Crippen molar-refractivity contribution in [1.82, 2.24) is 4.90 Å². The third-order valence-corrected chi connectivity index (χ3v) is 6.28. The second-order valence-corrected chi connectivity index (χ2v) is 8.88. The van der Waals surface area contributed by atoms with E-state index in [1.165, 1.54) is 16.2 Å². The number of fused-ring (bicyclic) bond motifs is 1. The van der Waals surface area contributed by atoms with E-state index in [0.29, 0.717) is 29.6 Å². The molecule has 3 rings (SSSR count). The van der Waals surface area contributed by atoms with Crippen LogP contribution in [0, 0.1) is 5.92 Å². The Morgan fingerprint density at radius 3 is 2.63 bits per heavy atom. The second-order valence-electron chi connectivity index (χ2n) is 7.78. The van der Waals surface area contributed by atoms with Gasteiger partial charge in [-0.05, 0) is 51.5 Å². The van der Waals surface area contributed by atoms with Crippen LogP contribution in [0.5, 0.6) is 0 Å². The number of morpholine rings is 1. The Hall–Kier alpha value is -1.44. The molecule has 0 unspecified atom stereocenters. The Labute approximate surface area is 165 Å². The molecule has 1 amide bonds. The summed E-state index contributed by atoms with van der Waals surface area (Å²) in [4.78, 5) is 28.5. The summed E-state index contributed by atoms with van der Waals surface area (Å²) in [5, 5.41) is 3.64. The zero-order valence-corrected chi connectivity index (χ0v) is 17.5. The van der Waals surface area contributed by atoms with E-state index in [1.54, 1.807) is 6.92 Å². The van der Waals surface area contributed by atoms with Crippen molar-refractivity contribution in [2.75, 3.05) is 31.6 Å². The predicted octanol–water partition coefficient (Wildman–Crippen LogP) is 3.10. The van der Waals surface area contributed by atoms with Gasteiger partial charge in [0.15, 0.2) is 0 Å². The van der Waals surface area contributed by atoms with Crippen LogP contribution >= 0.6 is 11.3 Å². The number of nitrogens with zero attached hydrogens (tertiary/aromatic N) is 1. The average molecular weight is 395 g/mol. The van der Waals surface area contributed by atoms with Crippen molar-refractivity contribution < 1.29 is 19.1 Å². The van der Waals surface area contributed by atoms with Crippen LogP contribution in [0.25, 0.3) is 0 Å². The standard InChI is InChI=1S/C20H30N2O4S/c1-5-25-20(24)18-15-7-6-12(2)8-16(15)27-19(18)21-17(23)11-22-9-13(3)26-14(4)10-22/h12-14H,5-11H2,1-4H3,(H,21,23)/t12-,13-,14-/m1/s1. The number of ether oxygens (including phenoxy) is 2. The number of nitrogens with one attached hydrogen (secondary N) is 1. The van der Waals surface area contributed by atoms with E-state index in [0.717, 1.165) is 37.9 Å². The van der Waals surface area contributed by atoms with E-state index in [-0.39, 0.29) is 24.1 Å². The van der Waals surface area contributed by atoms with Crippen LogP contribution in [-0.4, -0.2) is 55.2 Å². The number of hydrogen-bond donors (Lipinski definition) is 1. The lowest BCUT2D eigenvalue weighted by atomic mass is 9.88. The predicted molar refractivity (Wildman–Crippen MR) is 107 cm³/mol. The fourth-order valence-electron chi connectivity index (χ4n) is 4.04. The topological polar surface area (TPSA) is 67.9 Å². The molecule has 1 fully saturated rings. The first-order valence-corrected chi connectivity index (χ1v) is 10.7. The molecule has 2 heterocycles. The van der Waals surface area contributed by atoms with Gasteiger partial charge in [-0.2, -0.15) is 0 Å². The quantitative estimate of drug-likeness (QED) is 0.778. The molecule has 2 aliphatic rings. The zero-order chi connectivity index (χ0) is 19.6. The Kier molecular flexibility index (Phi) is 6.55. The molecule has 0 aromatic carbocycles. The fraction of sp³-hybridized carbons (Fsp3) is 0.700. The molecule has 1 aliphatic heterocycles. The SMILES string of the molecule is CCOC(=O)c1c(NC(=O)CN2C[C@@H](C)O[C@H](C)C2)sc2c1CC[C@@H](C)C2. The van der Waals surface area contributed by atoms with Gasteiger partial charge >= 0.3 is 5.97 Å². The minimum atomic E-state index is -0.325. The van der Waals surface area contributed by atoms with Gasteiger partial charge in [0.2, 0.25) is 5.91 Å². The highest BCUT2D eigenvalue weighted by molar-refractivity contribution is 7.17. The highest BCUT2D eigenvalue weighted by Crippen LogP contribution is 2.40. The van der Waals surface area contributed by atoms with E-state index in [1.807, 2.05) is 13.8 Å². The normalized spacial score (nSPS) is 25.7. The average Bonchev–Trinajstić information content (AvgIpc) is 2.90. The monoisotopic (exact) mass is 394 g/mol. The van der Waals surface area contributed by atoms with Crippen LogP contribution in [0.1, 0.15) is 54.9 Å². The molecule has 150 valence electrons. The maximum Gasteiger partial charge on any atom is 0.341 e. The maximum absolute atomic E-state index is 12.7. The van der Waals surface area contributed by atoms with Crippen LogP contribution in [0.4, 0.5) is 5.00 Å². The fourth-order valence-corrected chi connectivity index (χ4v) is 5.46. The number of esters is 1. The molecule has 1 N–H and O–H groups in total. The van der Waals surface area contributed by atoms with Gasteiger partial charge in [0.1, 0.15) is 5.00 Å². The molecular weight excluding hydrogens is 364 g/mol. The van der Waals surface area contributed by atoms with E-state index < -0.39 is 0 Å². The summed E-state index contributed by atoms with van der Waals surface area (Å²) in [7, 11) is 0. The van der Waals surface area contributed by atoms with E-state index in [2.05, 4.69) is 17.1 Å². The summed E-state index contributed by atoms with van der Waals surface area (Å²) in [6, 6.07) is 0. The summed E-state index contributed by atoms with van der Waals surface area (Å²) in [5.41, 5.74) is 1.64. The number of carbonyl (C=O) groups is 2. The summed E-state index contributed by atoms with van der Waals surface area (Å²) < 4.78 is 11.0. The highest BCUT2D eigenvalue weighted by Gasteiger charge is 2.30. The van der Waals surface area contributed by atoms with Gasteiger partial charge < -0.3 is 14.8 Å². The first kappa shape index (κ1) is 20.3. The highest BCUT2D eigenvalue weighted by atomic mass is 32.1. The van der Waals surface area contributed by atoms with E-state index >= 15 is 0 Å². The molecule has 7 heteroatoms. The summed E-state index contributed by atoms with van der Waals surface area (Å²) in [6.45, 7) is 10.2. The van der Waals surface area contributed by atoms with Crippen molar-refractivity contribution in [1.29, 1.82) is 0 Å². The van der Waals surface area contributed by atoms with Crippen molar-refractivity contribution in [3.63, 3.8) is 0 Å². The Morgan fingerprint density at radius 1 is 1.26 bits per heavy atom. The number of thiophene rings is 1. The van der Waals surface area contributed by atoms with E-state index in [9.17, 15) is 9.59 Å². The van der Waals surface area contributed by atoms with Gasteiger partial charge in [-0.25, -0.2) is 4.79 Å². The molecule has 0 radical (unpaired) electrons. The van der Waals surface area contributed by atoms with Gasteiger partial charge in [-0.3, -0.25) is 9.69 Å². The van der Waals surface area contributed by atoms with Crippen LogP contribution in [0.3, 0.4) is 0 Å². The molecular formula is C20H30N2O4S. The van der Waals surface area contributed by atoms with Crippen LogP contribution < -0.4 is 5.32 Å². The largest absolute Gasteiger partial charge is 0.462 e. The lowest BCUT2D eigenvalue weighted by Crippen LogP contribution is -2.48. The van der Waals surface area contributed by atoms with Crippen LogP contribution in [0.2, 0.25) is 0 Å². The van der Waals surface area contributed by atoms with Crippen molar-refractivity contribution >= 4 is 28.2 Å². The molecule has 1 aromatic rings. The van der Waals surface area contributed by atoms with Crippen LogP contribution in [-0.2, 0) is 27.1 Å². The van der Waals surface area contributed by atoms with Crippen molar-refractivity contribution in [3.05, 3.63) is 16.0 Å². The van der Waals surface area contributed by atoms with Gasteiger partial charge in [-0.1, -0.05) is 6.92 Å². The molecule has 0 spiro atoms. The van der Waals surface area contributed by atoms with Gasteiger partial charge in [0.25, 0.3) is 0 Å². The molecule has 0 bridgehead atoms. The number of anilines is 1. The van der Waals surface area contributed by atoms with E-state index in [4.69, 9.17) is 9.47 Å². The second kappa shape index (κ2) is 8.71. The van der Waals surface area contributed by atoms with Gasteiger partial charge in [-0.15, -0.1) is 11.3 Å². The Bertz CT molecular complexity index is 692. The number of carbonyl (C=O) groups excluding carboxylic acids is 2. The van der Waals surface area contributed by atoms with Gasteiger partial charge in [0.05, 0.1) is 30.9 Å². The summed E-state index contributed by atoms with van der Waals surface area (Å²) >= 11 is 1.54. The molecule has 1 aromatic heterocycles. The number of amides is 1. The summed E-state index contributed by atoms with van der Waals surface area (Å²) in [5.74, 6) is 0.188. The third kappa shape index (κ3) is 4.89. The van der Waals surface area contributed by atoms with Crippen LogP contribution in [0.15, 0.2) is 0 Å². The van der Waals surface area contributed by atoms with Crippen molar-refractivity contribution in [2.45, 2.75) is 59.2 Å². The first-order chi connectivity index (χ1) is 12.9. The number of rotatable bonds is 5. The third-order valence-electron chi connectivity index (χ3n) is 5.11. The molecule has 1 aliphatic carbocycles. The molecule has 27 heavy (non-hydrogen) atoms. The first-order valence-electron chi connectivity index (χ1n) is 9.86. The molecule has 6 nitrogen and oxygen atoms in total. The maximum atomic E-state index is 12.7. The minimum absolute atomic E-state index is 0.0894. The molecule has 1 saturated heterocycles. The molecule has 0 saturated carbocycles. The minimum Gasteiger partial charge on any atom is -0.462 e. The lowest BCUT2D eigenvalue weighted by molar-refractivity contribution is -0.121. The van der Waals surface area contributed by atoms with Gasteiger partial charge in [0, 0.05) is 18.0 Å². The van der Waals surface area contributed by atoms with Crippen molar-refractivity contribution in [2.24, 2.45) is 5.92 Å². The smallest absolute Gasteiger partial charge is 0.341 e.